The molecule has 1 aromatic carbocycles. The minimum atomic E-state index is -0.396. The monoisotopic (exact) mass is 275 g/mol. The van der Waals surface area contributed by atoms with Crippen molar-refractivity contribution in [2.24, 2.45) is 5.92 Å². The Balaban J connectivity index is 1.80. The Labute approximate surface area is 120 Å². The van der Waals surface area contributed by atoms with Gasteiger partial charge in [-0.1, -0.05) is 19.1 Å². The summed E-state index contributed by atoms with van der Waals surface area (Å²) >= 11 is 0. The van der Waals surface area contributed by atoms with Crippen molar-refractivity contribution in [3.8, 4) is 0 Å². The van der Waals surface area contributed by atoms with Gasteiger partial charge in [0.15, 0.2) is 0 Å². The average molecular weight is 275 g/mol. The minimum Gasteiger partial charge on any atom is -0.333 e. The predicted octanol–water partition coefficient (Wildman–Crippen LogP) is 4.01. The molecule has 2 aliphatic rings. The first kappa shape index (κ1) is 13.6. The van der Waals surface area contributed by atoms with E-state index in [1.807, 2.05) is 4.90 Å². The van der Waals surface area contributed by atoms with E-state index in [-0.39, 0.29) is 11.5 Å². The van der Waals surface area contributed by atoms with Crippen molar-refractivity contribution in [1.82, 2.24) is 4.90 Å². The molecular weight excluding hydrogens is 253 g/mol. The molecule has 0 aromatic heterocycles. The Morgan fingerprint density at radius 1 is 1.05 bits per heavy atom. The maximum Gasteiger partial charge on any atom is 0.257 e. The summed E-state index contributed by atoms with van der Waals surface area (Å²) in [5.41, 5.74) is 0.234. The summed E-state index contributed by atoms with van der Waals surface area (Å²) in [5, 5.41) is 0. The Morgan fingerprint density at radius 2 is 1.60 bits per heavy atom. The summed E-state index contributed by atoms with van der Waals surface area (Å²) in [6.07, 6.45) is 6.64. The van der Waals surface area contributed by atoms with Gasteiger partial charge in [-0.05, 0) is 56.6 Å². The van der Waals surface area contributed by atoms with E-state index >= 15 is 0 Å². The molecule has 0 spiro atoms. The number of halogens is 1. The van der Waals surface area contributed by atoms with Gasteiger partial charge >= 0.3 is 0 Å². The van der Waals surface area contributed by atoms with Crippen molar-refractivity contribution < 1.29 is 9.18 Å². The molecule has 1 amide bonds. The zero-order valence-corrected chi connectivity index (χ0v) is 12.0. The van der Waals surface area contributed by atoms with E-state index in [0.29, 0.717) is 12.1 Å². The molecular formula is C17H22FNO. The number of rotatable bonds is 3. The average Bonchev–Trinajstić information content (AvgIpc) is 3.26. The van der Waals surface area contributed by atoms with Crippen LogP contribution in [0, 0.1) is 11.7 Å². The molecule has 0 heterocycles. The van der Waals surface area contributed by atoms with Gasteiger partial charge in [0.25, 0.3) is 5.91 Å². The van der Waals surface area contributed by atoms with E-state index in [2.05, 4.69) is 6.92 Å². The standard InChI is InChI=1S/C17H22FNO/c1-12-6-8-13(9-7-12)19(14-10-11-14)17(20)15-4-2-3-5-16(15)18/h2-5,12-14H,6-11H2,1H3. The molecule has 1 aromatic rings. The van der Waals surface area contributed by atoms with Crippen molar-refractivity contribution >= 4 is 5.91 Å². The highest BCUT2D eigenvalue weighted by Gasteiger charge is 2.39. The van der Waals surface area contributed by atoms with Crippen LogP contribution in [0.15, 0.2) is 24.3 Å². The first-order chi connectivity index (χ1) is 9.66. The van der Waals surface area contributed by atoms with Gasteiger partial charge in [-0.15, -0.1) is 0 Å². The number of carbonyl (C=O) groups excluding carboxylic acids is 1. The molecule has 108 valence electrons. The zero-order valence-electron chi connectivity index (χ0n) is 12.0. The summed E-state index contributed by atoms with van der Waals surface area (Å²) in [6, 6.07) is 7.02. The molecule has 0 atom stereocenters. The van der Waals surface area contributed by atoms with Crippen LogP contribution >= 0.6 is 0 Å². The maximum absolute atomic E-state index is 13.9. The van der Waals surface area contributed by atoms with Crippen LogP contribution in [0.4, 0.5) is 4.39 Å². The van der Waals surface area contributed by atoms with Gasteiger partial charge in [-0.2, -0.15) is 0 Å². The molecule has 0 aliphatic heterocycles. The molecule has 2 fully saturated rings. The molecule has 20 heavy (non-hydrogen) atoms. The van der Waals surface area contributed by atoms with E-state index in [4.69, 9.17) is 0 Å². The molecule has 2 saturated carbocycles. The number of benzene rings is 1. The van der Waals surface area contributed by atoms with Crippen LogP contribution in [0.5, 0.6) is 0 Å². The molecule has 2 nitrogen and oxygen atoms in total. The topological polar surface area (TPSA) is 20.3 Å². The fraction of sp³-hybridized carbons (Fsp3) is 0.588. The summed E-state index contributed by atoms with van der Waals surface area (Å²) < 4.78 is 13.9. The van der Waals surface area contributed by atoms with Gasteiger partial charge in [0.05, 0.1) is 5.56 Å². The molecule has 3 rings (SSSR count). The van der Waals surface area contributed by atoms with Crippen LogP contribution in [0.1, 0.15) is 55.8 Å². The largest absolute Gasteiger partial charge is 0.333 e. The number of carbonyl (C=O) groups is 1. The first-order valence-electron chi connectivity index (χ1n) is 7.74. The Hall–Kier alpha value is -1.38. The molecule has 0 bridgehead atoms. The summed E-state index contributed by atoms with van der Waals surface area (Å²) in [6.45, 7) is 2.27. The zero-order chi connectivity index (χ0) is 14.1. The van der Waals surface area contributed by atoms with Gasteiger partial charge in [-0.25, -0.2) is 4.39 Å². The SMILES string of the molecule is CC1CCC(N(C(=O)c2ccccc2F)C2CC2)CC1. The molecule has 0 unspecified atom stereocenters. The lowest BCUT2D eigenvalue weighted by Crippen LogP contribution is -2.44. The quantitative estimate of drug-likeness (QED) is 0.816. The molecule has 2 aliphatic carbocycles. The van der Waals surface area contributed by atoms with E-state index in [0.717, 1.165) is 31.6 Å². The van der Waals surface area contributed by atoms with Crippen molar-refractivity contribution in [2.75, 3.05) is 0 Å². The van der Waals surface area contributed by atoms with Crippen LogP contribution in [0.25, 0.3) is 0 Å². The highest BCUT2D eigenvalue weighted by molar-refractivity contribution is 5.95. The number of amides is 1. The lowest BCUT2D eigenvalue weighted by molar-refractivity contribution is 0.0588. The number of hydrogen-bond donors (Lipinski definition) is 0. The van der Waals surface area contributed by atoms with E-state index < -0.39 is 5.82 Å². The third kappa shape index (κ3) is 2.72. The predicted molar refractivity (Wildman–Crippen MR) is 77.0 cm³/mol. The summed E-state index contributed by atoms with van der Waals surface area (Å²) in [5.74, 6) is 0.258. The van der Waals surface area contributed by atoms with E-state index in [9.17, 15) is 9.18 Å². The van der Waals surface area contributed by atoms with Crippen molar-refractivity contribution in [1.29, 1.82) is 0 Å². The second kappa shape index (κ2) is 5.55. The fourth-order valence-corrected chi connectivity index (χ4v) is 3.28. The van der Waals surface area contributed by atoms with Crippen LogP contribution in [0.2, 0.25) is 0 Å². The van der Waals surface area contributed by atoms with Crippen LogP contribution in [0.3, 0.4) is 0 Å². The summed E-state index contributed by atoms with van der Waals surface area (Å²) in [7, 11) is 0. The third-order valence-corrected chi connectivity index (χ3v) is 4.66. The summed E-state index contributed by atoms with van der Waals surface area (Å²) in [4.78, 5) is 14.7. The number of hydrogen-bond acceptors (Lipinski definition) is 1. The van der Waals surface area contributed by atoms with Gasteiger partial charge < -0.3 is 4.90 Å². The highest BCUT2D eigenvalue weighted by atomic mass is 19.1. The first-order valence-corrected chi connectivity index (χ1v) is 7.74. The van der Waals surface area contributed by atoms with Crippen molar-refractivity contribution in [2.45, 2.75) is 57.5 Å². The van der Waals surface area contributed by atoms with Crippen molar-refractivity contribution in [3.63, 3.8) is 0 Å². The third-order valence-electron chi connectivity index (χ3n) is 4.66. The number of nitrogens with zero attached hydrogens (tertiary/aromatic N) is 1. The van der Waals surface area contributed by atoms with Gasteiger partial charge in [0.1, 0.15) is 5.82 Å². The van der Waals surface area contributed by atoms with Gasteiger partial charge in [0, 0.05) is 12.1 Å². The normalized spacial score (nSPS) is 26.3. The Kier molecular flexibility index (Phi) is 3.77. The molecule has 0 saturated heterocycles. The van der Waals surface area contributed by atoms with E-state index in [1.165, 1.54) is 18.9 Å². The van der Waals surface area contributed by atoms with E-state index in [1.54, 1.807) is 18.2 Å². The second-order valence-electron chi connectivity index (χ2n) is 6.34. The molecule has 0 N–H and O–H groups in total. The van der Waals surface area contributed by atoms with Gasteiger partial charge in [-0.3, -0.25) is 4.79 Å². The molecule has 3 heteroatoms. The van der Waals surface area contributed by atoms with Crippen molar-refractivity contribution in [3.05, 3.63) is 35.6 Å². The highest BCUT2D eigenvalue weighted by Crippen LogP contribution is 2.36. The Bertz CT molecular complexity index is 490. The second-order valence-corrected chi connectivity index (χ2v) is 6.34. The lowest BCUT2D eigenvalue weighted by Gasteiger charge is -2.36. The van der Waals surface area contributed by atoms with Crippen LogP contribution in [-0.4, -0.2) is 22.9 Å². The molecule has 0 radical (unpaired) electrons. The minimum absolute atomic E-state index is 0.106. The van der Waals surface area contributed by atoms with Gasteiger partial charge in [0.2, 0.25) is 0 Å². The fourth-order valence-electron chi connectivity index (χ4n) is 3.28. The van der Waals surface area contributed by atoms with Crippen LogP contribution in [-0.2, 0) is 0 Å². The maximum atomic E-state index is 13.9. The van der Waals surface area contributed by atoms with Crippen LogP contribution < -0.4 is 0 Å². The smallest absolute Gasteiger partial charge is 0.257 e. The lowest BCUT2D eigenvalue weighted by atomic mass is 9.86. The Morgan fingerprint density at radius 3 is 2.15 bits per heavy atom.